The van der Waals surface area contributed by atoms with Gasteiger partial charge in [0.2, 0.25) is 11.9 Å². The lowest BCUT2D eigenvalue weighted by Gasteiger charge is -2.27. The minimum absolute atomic E-state index is 0.104. The molecule has 12 nitrogen and oxygen atoms in total. The third kappa shape index (κ3) is 7.50. The Balaban J connectivity index is 1.59. The van der Waals surface area contributed by atoms with Gasteiger partial charge in [-0.15, -0.1) is 0 Å². The molecule has 0 radical (unpaired) electrons. The summed E-state index contributed by atoms with van der Waals surface area (Å²) in [5, 5.41) is 13.2. The van der Waals surface area contributed by atoms with Crippen molar-refractivity contribution < 1.29 is 24.2 Å². The van der Waals surface area contributed by atoms with Gasteiger partial charge in [0.25, 0.3) is 0 Å². The average Bonchev–Trinajstić information content (AvgIpc) is 3.00. The Morgan fingerprint density at radius 1 is 1.05 bits per heavy atom. The molecule has 1 aliphatic rings. The van der Waals surface area contributed by atoms with Gasteiger partial charge in [-0.1, -0.05) is 12.1 Å². The zero-order valence-electron chi connectivity index (χ0n) is 24.2. The number of carbonyl (C=O) groups excluding carboxylic acids is 2. The SMILES string of the molecule is CCN(CC)c1ncc(N(C(C)=O)c2cccnc2)c(NC(Cc2ccc(OC(=O)N3CCCCC3)cc2)C(=O)O)n1. The number of rotatable bonds is 11. The smallest absolute Gasteiger partial charge is 0.415 e. The van der Waals surface area contributed by atoms with Crippen LogP contribution >= 0.6 is 0 Å². The number of pyridine rings is 1. The highest BCUT2D eigenvalue weighted by molar-refractivity contribution is 6.01. The van der Waals surface area contributed by atoms with Crippen molar-refractivity contribution in [1.82, 2.24) is 19.9 Å². The second kappa shape index (κ2) is 14.2. The van der Waals surface area contributed by atoms with Crippen LogP contribution in [-0.2, 0) is 16.0 Å². The maximum atomic E-state index is 12.8. The molecule has 0 spiro atoms. The van der Waals surface area contributed by atoms with E-state index in [0.717, 1.165) is 19.3 Å². The predicted molar refractivity (Wildman–Crippen MR) is 159 cm³/mol. The Morgan fingerprint density at radius 2 is 1.76 bits per heavy atom. The Kier molecular flexibility index (Phi) is 10.2. The first-order chi connectivity index (χ1) is 20.3. The van der Waals surface area contributed by atoms with Crippen LogP contribution < -0.4 is 19.9 Å². The van der Waals surface area contributed by atoms with Crippen molar-refractivity contribution in [3.05, 3.63) is 60.6 Å². The van der Waals surface area contributed by atoms with Gasteiger partial charge in [-0.2, -0.15) is 4.98 Å². The number of benzene rings is 1. The van der Waals surface area contributed by atoms with E-state index >= 15 is 0 Å². The lowest BCUT2D eigenvalue weighted by atomic mass is 10.1. The highest BCUT2D eigenvalue weighted by Gasteiger charge is 2.26. The zero-order chi connectivity index (χ0) is 30.1. The van der Waals surface area contributed by atoms with E-state index in [0.29, 0.717) is 54.8 Å². The first-order valence-electron chi connectivity index (χ1n) is 14.2. The molecule has 1 aromatic carbocycles. The number of anilines is 4. The summed E-state index contributed by atoms with van der Waals surface area (Å²) in [6, 6.07) is 9.12. The third-order valence-corrected chi connectivity index (χ3v) is 7.05. The van der Waals surface area contributed by atoms with Gasteiger partial charge in [0, 0.05) is 45.7 Å². The van der Waals surface area contributed by atoms with Gasteiger partial charge in [0.05, 0.1) is 18.1 Å². The fraction of sp³-hybridized carbons (Fsp3) is 0.400. The maximum Gasteiger partial charge on any atom is 0.415 e. The highest BCUT2D eigenvalue weighted by Crippen LogP contribution is 2.32. The first kappa shape index (κ1) is 30.2. The molecule has 2 amide bonds. The van der Waals surface area contributed by atoms with E-state index in [1.54, 1.807) is 47.5 Å². The van der Waals surface area contributed by atoms with Crippen LogP contribution in [0.2, 0.25) is 0 Å². The topological polar surface area (TPSA) is 141 Å². The van der Waals surface area contributed by atoms with Crippen LogP contribution in [0.5, 0.6) is 5.75 Å². The summed E-state index contributed by atoms with van der Waals surface area (Å²) in [5.74, 6) is -0.410. The lowest BCUT2D eigenvalue weighted by Crippen LogP contribution is -2.37. The van der Waals surface area contributed by atoms with Crippen molar-refractivity contribution in [3.8, 4) is 5.75 Å². The van der Waals surface area contributed by atoms with E-state index in [-0.39, 0.29) is 24.2 Å². The number of aliphatic carboxylic acids is 1. The van der Waals surface area contributed by atoms with E-state index in [9.17, 15) is 19.5 Å². The molecule has 3 heterocycles. The summed E-state index contributed by atoms with van der Waals surface area (Å²) in [6.45, 7) is 8.01. The van der Waals surface area contributed by atoms with Gasteiger partial charge < -0.3 is 25.0 Å². The summed E-state index contributed by atoms with van der Waals surface area (Å²) >= 11 is 0. The van der Waals surface area contributed by atoms with E-state index in [1.165, 1.54) is 24.2 Å². The number of hydrogen-bond donors (Lipinski definition) is 2. The number of amides is 2. The van der Waals surface area contributed by atoms with Crippen LogP contribution in [-0.4, -0.2) is 75.1 Å². The Labute approximate surface area is 245 Å². The van der Waals surface area contributed by atoms with Crippen LogP contribution in [0.15, 0.2) is 55.0 Å². The van der Waals surface area contributed by atoms with Gasteiger partial charge in [-0.05, 0) is 62.9 Å². The fourth-order valence-corrected chi connectivity index (χ4v) is 4.81. The van der Waals surface area contributed by atoms with E-state index in [2.05, 4.69) is 20.3 Å². The monoisotopic (exact) mass is 575 g/mol. The molecular formula is C30H37N7O5. The van der Waals surface area contributed by atoms with Gasteiger partial charge >= 0.3 is 12.1 Å². The Hall–Kier alpha value is -4.74. The third-order valence-electron chi connectivity index (χ3n) is 7.05. The summed E-state index contributed by atoms with van der Waals surface area (Å²) in [7, 11) is 0. The summed E-state index contributed by atoms with van der Waals surface area (Å²) in [6.07, 6.45) is 7.42. The number of aromatic nitrogens is 3. The van der Waals surface area contributed by atoms with Crippen LogP contribution in [0.4, 0.5) is 27.9 Å². The minimum atomic E-state index is -1.10. The molecule has 1 fully saturated rings. The number of nitrogens with zero attached hydrogens (tertiary/aromatic N) is 6. The van der Waals surface area contributed by atoms with Crippen molar-refractivity contribution in [2.75, 3.05) is 41.3 Å². The highest BCUT2D eigenvalue weighted by atomic mass is 16.6. The van der Waals surface area contributed by atoms with Crippen molar-refractivity contribution >= 4 is 41.1 Å². The van der Waals surface area contributed by atoms with Crippen LogP contribution in [0.1, 0.15) is 45.6 Å². The van der Waals surface area contributed by atoms with E-state index in [4.69, 9.17) is 4.74 Å². The van der Waals surface area contributed by atoms with Gasteiger partial charge in [-0.25, -0.2) is 14.6 Å². The molecule has 2 N–H and O–H groups in total. The number of carbonyl (C=O) groups is 3. The van der Waals surface area contributed by atoms with Gasteiger partial charge in [0.15, 0.2) is 5.82 Å². The molecule has 0 saturated carbocycles. The predicted octanol–water partition coefficient (Wildman–Crippen LogP) is 4.49. The van der Waals surface area contributed by atoms with Crippen LogP contribution in [0.3, 0.4) is 0 Å². The lowest BCUT2D eigenvalue weighted by molar-refractivity contribution is -0.137. The number of piperidine rings is 1. The standard InChI is InChI=1S/C30H37N7O5/c1-4-35(5-2)29-32-20-26(37(21(3)38)23-10-9-15-31-19-23)27(34-29)33-25(28(39)40)18-22-11-13-24(14-12-22)42-30(41)36-16-7-6-8-17-36/h9-15,19-20,25H,4-8,16-18H2,1-3H3,(H,39,40)(H,32,33,34). The second-order valence-electron chi connectivity index (χ2n) is 9.94. The summed E-state index contributed by atoms with van der Waals surface area (Å²) in [4.78, 5) is 56.0. The molecule has 12 heteroatoms. The average molecular weight is 576 g/mol. The first-order valence-corrected chi connectivity index (χ1v) is 14.2. The molecule has 4 rings (SSSR count). The molecular weight excluding hydrogens is 538 g/mol. The normalized spacial score (nSPS) is 13.6. The van der Waals surface area contributed by atoms with Crippen molar-refractivity contribution in [2.24, 2.45) is 0 Å². The number of carboxylic acids is 1. The molecule has 1 saturated heterocycles. The van der Waals surface area contributed by atoms with Gasteiger partial charge in [-0.3, -0.25) is 14.7 Å². The van der Waals surface area contributed by atoms with Crippen molar-refractivity contribution in [2.45, 2.75) is 52.5 Å². The summed E-state index contributed by atoms with van der Waals surface area (Å²) < 4.78 is 5.51. The van der Waals surface area contributed by atoms with E-state index < -0.39 is 12.0 Å². The van der Waals surface area contributed by atoms with Crippen LogP contribution in [0.25, 0.3) is 0 Å². The molecule has 1 atom stereocenters. The number of carboxylic acid groups (broad SMARTS) is 1. The second-order valence-corrected chi connectivity index (χ2v) is 9.94. The fourth-order valence-electron chi connectivity index (χ4n) is 4.81. The quantitative estimate of drug-likeness (QED) is 0.336. The number of nitrogens with one attached hydrogen (secondary N) is 1. The largest absolute Gasteiger partial charge is 0.480 e. The van der Waals surface area contributed by atoms with Gasteiger partial charge in [0.1, 0.15) is 17.5 Å². The zero-order valence-corrected chi connectivity index (χ0v) is 24.2. The van der Waals surface area contributed by atoms with Crippen molar-refractivity contribution in [3.63, 3.8) is 0 Å². The van der Waals surface area contributed by atoms with E-state index in [1.807, 2.05) is 18.7 Å². The molecule has 222 valence electrons. The molecule has 2 aromatic heterocycles. The molecule has 3 aromatic rings. The molecule has 1 unspecified atom stereocenters. The number of ether oxygens (including phenoxy) is 1. The van der Waals surface area contributed by atoms with Crippen molar-refractivity contribution in [1.29, 1.82) is 0 Å². The molecule has 0 aliphatic carbocycles. The summed E-state index contributed by atoms with van der Waals surface area (Å²) in [5.41, 5.74) is 1.51. The molecule has 42 heavy (non-hydrogen) atoms. The Bertz CT molecular complexity index is 1360. The maximum absolute atomic E-state index is 12.8. The molecule has 1 aliphatic heterocycles. The Morgan fingerprint density at radius 3 is 2.36 bits per heavy atom. The van der Waals surface area contributed by atoms with Crippen LogP contribution in [0, 0.1) is 0 Å². The number of likely N-dealkylation sites (tertiary alicyclic amines) is 1. The number of hydrogen-bond acceptors (Lipinski definition) is 9. The molecule has 0 bridgehead atoms. The minimum Gasteiger partial charge on any atom is -0.480 e.